The van der Waals surface area contributed by atoms with Crippen molar-refractivity contribution in [2.24, 2.45) is 0 Å². The molecule has 0 aliphatic carbocycles. The number of carbonyl (C=O) groups is 1. The molecule has 0 saturated carbocycles. The maximum absolute atomic E-state index is 13.3. The van der Waals surface area contributed by atoms with Gasteiger partial charge in [0.25, 0.3) is 0 Å². The van der Waals surface area contributed by atoms with E-state index in [4.69, 9.17) is 9.47 Å². The van der Waals surface area contributed by atoms with Crippen LogP contribution in [0.2, 0.25) is 0 Å². The van der Waals surface area contributed by atoms with Crippen LogP contribution in [0.15, 0.2) is 103 Å². The highest BCUT2D eigenvalue weighted by atomic mass is 16.5. The van der Waals surface area contributed by atoms with Crippen LogP contribution in [0.25, 0.3) is 0 Å². The lowest BCUT2D eigenvalue weighted by molar-refractivity contribution is 0.206. The molecule has 35 heavy (non-hydrogen) atoms. The van der Waals surface area contributed by atoms with E-state index in [-0.39, 0.29) is 6.03 Å². The number of rotatable bonds is 9. The van der Waals surface area contributed by atoms with Crippen LogP contribution in [0, 0.1) is 6.92 Å². The normalized spacial score (nSPS) is 10.5. The third kappa shape index (κ3) is 6.87. The van der Waals surface area contributed by atoms with Gasteiger partial charge in [0, 0.05) is 18.8 Å². The van der Waals surface area contributed by atoms with Crippen LogP contribution >= 0.6 is 0 Å². The van der Waals surface area contributed by atoms with E-state index < -0.39 is 0 Å². The molecule has 4 rings (SSSR count). The summed E-state index contributed by atoms with van der Waals surface area (Å²) in [6.45, 7) is 3.35. The number of urea groups is 1. The van der Waals surface area contributed by atoms with E-state index in [0.29, 0.717) is 31.2 Å². The minimum absolute atomic E-state index is 0.166. The number of hydrogen-bond donors (Lipinski definition) is 1. The first-order valence-corrected chi connectivity index (χ1v) is 11.6. The molecule has 5 nitrogen and oxygen atoms in total. The minimum atomic E-state index is -0.166. The molecule has 178 valence electrons. The molecule has 0 fully saturated rings. The molecular formula is C30H30N2O3. The van der Waals surface area contributed by atoms with Crippen molar-refractivity contribution in [1.29, 1.82) is 0 Å². The number of ether oxygens (including phenoxy) is 2. The minimum Gasteiger partial charge on any atom is -0.493 e. The SMILES string of the molecule is COc1ccc(CN(Cc2ccccc2)C(=O)Nc2ccc(C)cc2)cc1OCc1ccccc1. The summed E-state index contributed by atoms with van der Waals surface area (Å²) in [6.07, 6.45) is 0. The van der Waals surface area contributed by atoms with Gasteiger partial charge in [-0.3, -0.25) is 0 Å². The van der Waals surface area contributed by atoms with Crippen molar-refractivity contribution in [2.45, 2.75) is 26.6 Å². The number of hydrogen-bond acceptors (Lipinski definition) is 3. The summed E-state index contributed by atoms with van der Waals surface area (Å²) >= 11 is 0. The van der Waals surface area contributed by atoms with E-state index in [1.807, 2.05) is 110 Å². The molecule has 2 amide bonds. The number of anilines is 1. The Morgan fingerprint density at radius 3 is 2.03 bits per heavy atom. The maximum Gasteiger partial charge on any atom is 0.322 e. The van der Waals surface area contributed by atoms with Crippen molar-refractivity contribution in [3.8, 4) is 11.5 Å². The van der Waals surface area contributed by atoms with Gasteiger partial charge < -0.3 is 19.7 Å². The molecule has 1 N–H and O–H groups in total. The lowest BCUT2D eigenvalue weighted by Gasteiger charge is -2.24. The molecule has 0 aromatic heterocycles. The molecule has 0 spiro atoms. The number of nitrogens with one attached hydrogen (secondary N) is 1. The van der Waals surface area contributed by atoms with E-state index in [1.54, 1.807) is 12.0 Å². The molecule has 0 bridgehead atoms. The highest BCUT2D eigenvalue weighted by Gasteiger charge is 2.17. The smallest absolute Gasteiger partial charge is 0.322 e. The van der Waals surface area contributed by atoms with Gasteiger partial charge in [-0.05, 0) is 47.9 Å². The molecule has 4 aromatic rings. The van der Waals surface area contributed by atoms with Gasteiger partial charge in [0.1, 0.15) is 6.61 Å². The Labute approximate surface area is 206 Å². The molecule has 0 saturated heterocycles. The second-order valence-electron chi connectivity index (χ2n) is 8.40. The van der Waals surface area contributed by atoms with Gasteiger partial charge in [-0.25, -0.2) is 4.79 Å². The quantitative estimate of drug-likeness (QED) is 0.295. The highest BCUT2D eigenvalue weighted by Crippen LogP contribution is 2.30. The Hall–Kier alpha value is -4.25. The fraction of sp³-hybridized carbons (Fsp3) is 0.167. The van der Waals surface area contributed by atoms with Crippen LogP contribution in [0.3, 0.4) is 0 Å². The lowest BCUT2D eigenvalue weighted by Crippen LogP contribution is -2.34. The van der Waals surface area contributed by atoms with Gasteiger partial charge in [0.15, 0.2) is 11.5 Å². The summed E-state index contributed by atoms with van der Waals surface area (Å²) in [5.41, 5.74) is 4.98. The predicted octanol–water partition coefficient (Wildman–Crippen LogP) is 6.82. The van der Waals surface area contributed by atoms with Crippen molar-refractivity contribution in [2.75, 3.05) is 12.4 Å². The third-order valence-electron chi connectivity index (χ3n) is 5.64. The van der Waals surface area contributed by atoms with Gasteiger partial charge >= 0.3 is 6.03 Å². The Kier molecular flexibility index (Phi) is 8.02. The van der Waals surface area contributed by atoms with E-state index >= 15 is 0 Å². The van der Waals surface area contributed by atoms with E-state index in [0.717, 1.165) is 27.9 Å². The van der Waals surface area contributed by atoms with Crippen LogP contribution in [-0.2, 0) is 19.7 Å². The lowest BCUT2D eigenvalue weighted by atomic mass is 10.1. The molecule has 0 atom stereocenters. The highest BCUT2D eigenvalue weighted by molar-refractivity contribution is 5.89. The summed E-state index contributed by atoms with van der Waals surface area (Å²) in [5, 5.41) is 3.02. The van der Waals surface area contributed by atoms with Gasteiger partial charge in [0.05, 0.1) is 7.11 Å². The van der Waals surface area contributed by atoms with Crippen molar-refractivity contribution >= 4 is 11.7 Å². The Bertz CT molecular complexity index is 1230. The van der Waals surface area contributed by atoms with E-state index in [2.05, 4.69) is 5.32 Å². The third-order valence-corrected chi connectivity index (χ3v) is 5.64. The van der Waals surface area contributed by atoms with E-state index in [9.17, 15) is 4.79 Å². The fourth-order valence-electron chi connectivity index (χ4n) is 3.73. The van der Waals surface area contributed by atoms with Crippen molar-refractivity contribution in [3.05, 3.63) is 125 Å². The molecule has 0 heterocycles. The Morgan fingerprint density at radius 1 is 0.743 bits per heavy atom. The zero-order valence-electron chi connectivity index (χ0n) is 20.1. The van der Waals surface area contributed by atoms with Gasteiger partial charge in [-0.2, -0.15) is 0 Å². The first kappa shape index (κ1) is 23.9. The number of aryl methyl sites for hydroxylation is 1. The Balaban J connectivity index is 1.53. The summed E-state index contributed by atoms with van der Waals surface area (Å²) in [4.78, 5) is 15.1. The topological polar surface area (TPSA) is 50.8 Å². The number of methoxy groups -OCH3 is 1. The summed E-state index contributed by atoms with van der Waals surface area (Å²) in [6, 6.07) is 33.4. The monoisotopic (exact) mass is 466 g/mol. The number of nitrogens with zero attached hydrogens (tertiary/aromatic N) is 1. The molecule has 4 aromatic carbocycles. The van der Waals surface area contributed by atoms with Crippen LogP contribution in [0.5, 0.6) is 11.5 Å². The van der Waals surface area contributed by atoms with Crippen molar-refractivity contribution in [1.82, 2.24) is 4.90 Å². The molecule has 0 radical (unpaired) electrons. The Morgan fingerprint density at radius 2 is 1.37 bits per heavy atom. The van der Waals surface area contributed by atoms with Crippen LogP contribution < -0.4 is 14.8 Å². The molecule has 0 aliphatic heterocycles. The number of carbonyl (C=O) groups excluding carboxylic acids is 1. The second kappa shape index (κ2) is 11.7. The number of benzene rings is 4. The predicted molar refractivity (Wildman–Crippen MR) is 140 cm³/mol. The van der Waals surface area contributed by atoms with Gasteiger partial charge in [-0.15, -0.1) is 0 Å². The maximum atomic E-state index is 13.3. The molecule has 5 heteroatoms. The zero-order chi connectivity index (χ0) is 24.5. The fourth-order valence-corrected chi connectivity index (χ4v) is 3.73. The summed E-state index contributed by atoms with van der Waals surface area (Å²) < 4.78 is 11.6. The van der Waals surface area contributed by atoms with Gasteiger partial charge in [0.2, 0.25) is 0 Å². The van der Waals surface area contributed by atoms with Crippen molar-refractivity contribution < 1.29 is 14.3 Å². The first-order chi connectivity index (χ1) is 17.1. The largest absolute Gasteiger partial charge is 0.493 e. The average Bonchev–Trinajstić information content (AvgIpc) is 2.89. The zero-order valence-corrected chi connectivity index (χ0v) is 20.1. The number of amides is 2. The van der Waals surface area contributed by atoms with Crippen LogP contribution in [0.1, 0.15) is 22.3 Å². The molecule has 0 unspecified atom stereocenters. The molecule has 0 aliphatic rings. The van der Waals surface area contributed by atoms with Gasteiger partial charge in [-0.1, -0.05) is 84.4 Å². The van der Waals surface area contributed by atoms with Crippen LogP contribution in [0.4, 0.5) is 10.5 Å². The second-order valence-corrected chi connectivity index (χ2v) is 8.40. The summed E-state index contributed by atoms with van der Waals surface area (Å²) in [7, 11) is 1.63. The standard InChI is InChI=1S/C30H30N2O3/c1-23-13-16-27(17-14-23)31-30(33)32(20-24-9-5-3-6-10-24)21-26-15-18-28(34-2)29(19-26)35-22-25-11-7-4-8-12-25/h3-19H,20-22H2,1-2H3,(H,31,33). The van der Waals surface area contributed by atoms with E-state index in [1.165, 1.54) is 0 Å². The average molecular weight is 467 g/mol. The molecular weight excluding hydrogens is 436 g/mol. The van der Waals surface area contributed by atoms with Crippen LogP contribution in [-0.4, -0.2) is 18.0 Å². The van der Waals surface area contributed by atoms with Crippen molar-refractivity contribution in [3.63, 3.8) is 0 Å². The summed E-state index contributed by atoms with van der Waals surface area (Å²) in [5.74, 6) is 1.30. The first-order valence-electron chi connectivity index (χ1n) is 11.6.